The van der Waals surface area contributed by atoms with Crippen LogP contribution >= 0.6 is 0 Å². The van der Waals surface area contributed by atoms with Crippen molar-refractivity contribution in [3.63, 3.8) is 0 Å². The Morgan fingerprint density at radius 3 is 2.53 bits per heavy atom. The van der Waals surface area contributed by atoms with Crippen LogP contribution in [-0.2, 0) is 4.79 Å². The zero-order chi connectivity index (χ0) is 13.8. The molecule has 5 heteroatoms. The number of aliphatic hydroxyl groups is 1. The van der Waals surface area contributed by atoms with Gasteiger partial charge in [-0.15, -0.1) is 0 Å². The van der Waals surface area contributed by atoms with Crippen LogP contribution in [0, 0.1) is 5.82 Å². The van der Waals surface area contributed by atoms with Gasteiger partial charge in [0.1, 0.15) is 5.82 Å². The van der Waals surface area contributed by atoms with Gasteiger partial charge in [0.25, 0.3) is 5.91 Å². The van der Waals surface area contributed by atoms with Gasteiger partial charge in [0, 0.05) is 31.7 Å². The molecule has 0 bridgehead atoms. The summed E-state index contributed by atoms with van der Waals surface area (Å²) in [6.07, 6.45) is -1.41. The minimum absolute atomic E-state index is 0.0467. The van der Waals surface area contributed by atoms with Crippen molar-refractivity contribution in [1.82, 2.24) is 9.80 Å². The molecule has 1 aromatic rings. The number of aliphatic hydroxyl groups excluding tert-OH is 1. The van der Waals surface area contributed by atoms with E-state index in [-0.39, 0.29) is 5.56 Å². The summed E-state index contributed by atoms with van der Waals surface area (Å²) < 4.78 is 13.5. The molecule has 104 valence electrons. The summed E-state index contributed by atoms with van der Waals surface area (Å²) in [5.74, 6) is -0.962. The number of hydrogen-bond acceptors (Lipinski definition) is 3. The predicted octanol–water partition coefficient (Wildman–Crippen LogP) is 1.02. The van der Waals surface area contributed by atoms with E-state index in [0.29, 0.717) is 13.1 Å². The van der Waals surface area contributed by atoms with Gasteiger partial charge in [-0.3, -0.25) is 4.79 Å². The second-order valence-electron chi connectivity index (χ2n) is 4.68. The maximum Gasteiger partial charge on any atom is 0.256 e. The quantitative estimate of drug-likeness (QED) is 0.888. The van der Waals surface area contributed by atoms with Crippen molar-refractivity contribution in [1.29, 1.82) is 0 Å². The van der Waals surface area contributed by atoms with E-state index in [1.807, 2.05) is 0 Å². The minimum Gasteiger partial charge on any atom is -0.378 e. The summed E-state index contributed by atoms with van der Waals surface area (Å²) in [4.78, 5) is 16.0. The summed E-state index contributed by atoms with van der Waals surface area (Å²) in [5.41, 5.74) is 0.0467. The molecule has 1 fully saturated rings. The molecule has 1 saturated heterocycles. The van der Waals surface area contributed by atoms with Crippen LogP contribution in [0.5, 0.6) is 0 Å². The van der Waals surface area contributed by atoms with E-state index in [1.54, 1.807) is 11.0 Å². The Hall–Kier alpha value is -1.46. The van der Waals surface area contributed by atoms with Gasteiger partial charge in [-0.25, -0.2) is 4.39 Å². The zero-order valence-corrected chi connectivity index (χ0v) is 11.1. The van der Waals surface area contributed by atoms with Gasteiger partial charge in [0.2, 0.25) is 0 Å². The summed E-state index contributed by atoms with van der Waals surface area (Å²) in [7, 11) is 0. The second-order valence-corrected chi connectivity index (χ2v) is 4.68. The molecule has 1 aliphatic rings. The monoisotopic (exact) mass is 266 g/mol. The molecule has 4 nitrogen and oxygen atoms in total. The molecular weight excluding hydrogens is 247 g/mol. The average Bonchev–Trinajstić information content (AvgIpc) is 2.46. The number of amides is 1. The summed E-state index contributed by atoms with van der Waals surface area (Å²) in [6.45, 7) is 5.79. The Kier molecular flexibility index (Phi) is 4.50. The summed E-state index contributed by atoms with van der Waals surface area (Å²) >= 11 is 0. The molecule has 1 unspecified atom stereocenters. The lowest BCUT2D eigenvalue weighted by atomic mass is 10.1. The Morgan fingerprint density at radius 1 is 1.32 bits per heavy atom. The van der Waals surface area contributed by atoms with Gasteiger partial charge < -0.3 is 14.9 Å². The first-order chi connectivity index (χ1) is 9.13. The molecule has 0 aromatic heterocycles. The highest BCUT2D eigenvalue weighted by atomic mass is 19.1. The van der Waals surface area contributed by atoms with Crippen LogP contribution in [0.4, 0.5) is 4.39 Å². The van der Waals surface area contributed by atoms with Gasteiger partial charge in [0.15, 0.2) is 6.10 Å². The third kappa shape index (κ3) is 3.11. The third-order valence-corrected chi connectivity index (χ3v) is 3.56. The Labute approximate surface area is 112 Å². The Balaban J connectivity index is 2.02. The van der Waals surface area contributed by atoms with E-state index in [2.05, 4.69) is 11.8 Å². The van der Waals surface area contributed by atoms with Gasteiger partial charge in [-0.05, 0) is 12.6 Å². The molecule has 0 spiro atoms. The van der Waals surface area contributed by atoms with Crippen LogP contribution in [0.25, 0.3) is 0 Å². The van der Waals surface area contributed by atoms with Gasteiger partial charge in [-0.2, -0.15) is 0 Å². The smallest absolute Gasteiger partial charge is 0.256 e. The molecule has 0 saturated carbocycles. The van der Waals surface area contributed by atoms with Crippen LogP contribution in [-0.4, -0.2) is 53.5 Å². The van der Waals surface area contributed by atoms with Gasteiger partial charge in [0.05, 0.1) is 0 Å². The third-order valence-electron chi connectivity index (χ3n) is 3.56. The first kappa shape index (κ1) is 14.0. The van der Waals surface area contributed by atoms with E-state index in [4.69, 9.17) is 0 Å². The van der Waals surface area contributed by atoms with Crippen LogP contribution in [0.1, 0.15) is 18.6 Å². The van der Waals surface area contributed by atoms with E-state index in [9.17, 15) is 14.3 Å². The summed E-state index contributed by atoms with van der Waals surface area (Å²) in [5, 5.41) is 10.0. The number of hydrogen-bond donors (Lipinski definition) is 1. The first-order valence-electron chi connectivity index (χ1n) is 6.57. The predicted molar refractivity (Wildman–Crippen MR) is 70.1 cm³/mol. The molecule has 1 aromatic carbocycles. The van der Waals surface area contributed by atoms with Crippen LogP contribution in [0.2, 0.25) is 0 Å². The lowest BCUT2D eigenvalue weighted by molar-refractivity contribution is -0.142. The Morgan fingerprint density at radius 2 is 1.95 bits per heavy atom. The molecule has 1 aliphatic heterocycles. The molecule has 1 heterocycles. The maximum absolute atomic E-state index is 13.5. The van der Waals surface area contributed by atoms with E-state index >= 15 is 0 Å². The molecule has 0 aliphatic carbocycles. The van der Waals surface area contributed by atoms with Crippen molar-refractivity contribution >= 4 is 5.91 Å². The van der Waals surface area contributed by atoms with Crippen LogP contribution < -0.4 is 0 Å². The van der Waals surface area contributed by atoms with Gasteiger partial charge in [-0.1, -0.05) is 25.1 Å². The minimum atomic E-state index is -1.41. The van der Waals surface area contributed by atoms with Crippen molar-refractivity contribution in [2.75, 3.05) is 32.7 Å². The maximum atomic E-state index is 13.5. The SMILES string of the molecule is CCN1CCN(C(=O)C(O)c2ccccc2F)CC1. The molecule has 19 heavy (non-hydrogen) atoms. The number of halogens is 1. The lowest BCUT2D eigenvalue weighted by Gasteiger charge is -2.35. The molecule has 0 radical (unpaired) electrons. The summed E-state index contributed by atoms with van der Waals surface area (Å²) in [6, 6.07) is 5.85. The fourth-order valence-corrected chi connectivity index (χ4v) is 2.29. The fourth-order valence-electron chi connectivity index (χ4n) is 2.29. The van der Waals surface area contributed by atoms with E-state index in [1.165, 1.54) is 18.2 Å². The molecule has 1 N–H and O–H groups in total. The Bertz CT molecular complexity index is 445. The van der Waals surface area contributed by atoms with Crippen molar-refractivity contribution < 1.29 is 14.3 Å². The number of nitrogens with zero attached hydrogens (tertiary/aromatic N) is 2. The van der Waals surface area contributed by atoms with E-state index in [0.717, 1.165) is 19.6 Å². The first-order valence-corrected chi connectivity index (χ1v) is 6.57. The topological polar surface area (TPSA) is 43.8 Å². The number of likely N-dealkylation sites (N-methyl/N-ethyl adjacent to an activating group) is 1. The normalized spacial score (nSPS) is 18.4. The van der Waals surface area contributed by atoms with Crippen molar-refractivity contribution in [3.05, 3.63) is 35.6 Å². The second kappa shape index (κ2) is 6.12. The highest BCUT2D eigenvalue weighted by Crippen LogP contribution is 2.19. The number of carbonyl (C=O) groups excluding carboxylic acids is 1. The average molecular weight is 266 g/mol. The molecular formula is C14H19FN2O2. The van der Waals surface area contributed by atoms with Crippen molar-refractivity contribution in [3.8, 4) is 0 Å². The standard InChI is InChI=1S/C14H19FN2O2/c1-2-16-7-9-17(10-8-16)14(19)13(18)11-5-3-4-6-12(11)15/h3-6,13,18H,2,7-10H2,1H3. The zero-order valence-electron chi connectivity index (χ0n) is 11.1. The highest BCUT2D eigenvalue weighted by Gasteiger charge is 2.28. The largest absolute Gasteiger partial charge is 0.378 e. The van der Waals surface area contributed by atoms with E-state index < -0.39 is 17.8 Å². The highest BCUT2D eigenvalue weighted by molar-refractivity contribution is 5.82. The number of piperazine rings is 1. The lowest BCUT2D eigenvalue weighted by Crippen LogP contribution is -2.49. The van der Waals surface area contributed by atoms with Crippen molar-refractivity contribution in [2.45, 2.75) is 13.0 Å². The molecule has 1 atom stereocenters. The van der Waals surface area contributed by atoms with Crippen LogP contribution in [0.3, 0.4) is 0 Å². The van der Waals surface area contributed by atoms with Crippen molar-refractivity contribution in [2.24, 2.45) is 0 Å². The molecule has 1 amide bonds. The number of rotatable bonds is 3. The number of carbonyl (C=O) groups is 1. The van der Waals surface area contributed by atoms with Crippen LogP contribution in [0.15, 0.2) is 24.3 Å². The van der Waals surface area contributed by atoms with Gasteiger partial charge >= 0.3 is 0 Å². The molecule has 2 rings (SSSR count). The fraction of sp³-hybridized carbons (Fsp3) is 0.500. The number of benzene rings is 1.